The lowest BCUT2D eigenvalue weighted by Crippen LogP contribution is -2.12. The molecular formula is C13H10FN3OS. The van der Waals surface area contributed by atoms with Gasteiger partial charge in [0.1, 0.15) is 11.5 Å². The van der Waals surface area contributed by atoms with Crippen molar-refractivity contribution in [2.75, 3.05) is 5.32 Å². The first-order valence-electron chi connectivity index (χ1n) is 5.63. The summed E-state index contributed by atoms with van der Waals surface area (Å²) >= 11 is 1.46. The lowest BCUT2D eigenvalue weighted by molar-refractivity contribution is 0.102. The SMILES string of the molecule is Cc1cc(NC(=O)c2cn3ccsc3n2)ccc1F. The molecule has 0 saturated heterocycles. The molecule has 0 aliphatic carbocycles. The molecule has 2 aromatic heterocycles. The first kappa shape index (κ1) is 11.9. The molecule has 19 heavy (non-hydrogen) atoms. The van der Waals surface area contributed by atoms with Crippen LogP contribution in [-0.2, 0) is 0 Å². The Kier molecular flexibility index (Phi) is 2.79. The average molecular weight is 275 g/mol. The third-order valence-corrected chi connectivity index (χ3v) is 3.51. The zero-order valence-corrected chi connectivity index (χ0v) is 10.9. The molecule has 0 radical (unpaired) electrons. The fourth-order valence-electron chi connectivity index (χ4n) is 1.75. The molecule has 0 fully saturated rings. The third kappa shape index (κ3) is 2.22. The van der Waals surface area contributed by atoms with E-state index >= 15 is 0 Å². The molecule has 0 spiro atoms. The van der Waals surface area contributed by atoms with Crippen molar-refractivity contribution in [3.63, 3.8) is 0 Å². The lowest BCUT2D eigenvalue weighted by Gasteiger charge is -2.04. The summed E-state index contributed by atoms with van der Waals surface area (Å²) in [6, 6.07) is 4.45. The van der Waals surface area contributed by atoms with Crippen LogP contribution in [0.25, 0.3) is 4.96 Å². The van der Waals surface area contributed by atoms with Crippen LogP contribution < -0.4 is 5.32 Å². The van der Waals surface area contributed by atoms with Gasteiger partial charge in [0.15, 0.2) is 4.96 Å². The maximum atomic E-state index is 13.1. The molecule has 0 unspecified atom stereocenters. The van der Waals surface area contributed by atoms with Crippen LogP contribution in [0.1, 0.15) is 16.1 Å². The molecule has 0 aliphatic heterocycles. The van der Waals surface area contributed by atoms with Gasteiger partial charge < -0.3 is 5.32 Å². The van der Waals surface area contributed by atoms with Crippen LogP contribution in [0, 0.1) is 12.7 Å². The highest BCUT2D eigenvalue weighted by molar-refractivity contribution is 7.15. The first-order chi connectivity index (χ1) is 9.13. The molecule has 0 atom stereocenters. The van der Waals surface area contributed by atoms with E-state index in [4.69, 9.17) is 0 Å². The smallest absolute Gasteiger partial charge is 0.275 e. The molecule has 2 heterocycles. The lowest BCUT2D eigenvalue weighted by atomic mass is 10.2. The van der Waals surface area contributed by atoms with E-state index < -0.39 is 0 Å². The third-order valence-electron chi connectivity index (χ3n) is 2.74. The van der Waals surface area contributed by atoms with Gasteiger partial charge in [-0.05, 0) is 30.7 Å². The minimum atomic E-state index is -0.304. The highest BCUT2D eigenvalue weighted by Gasteiger charge is 2.12. The second-order valence-corrected chi connectivity index (χ2v) is 5.01. The van der Waals surface area contributed by atoms with Crippen LogP contribution in [0.3, 0.4) is 0 Å². The van der Waals surface area contributed by atoms with Crippen molar-refractivity contribution >= 4 is 27.9 Å². The molecule has 0 saturated carbocycles. The number of imidazole rings is 1. The minimum absolute atomic E-state index is 0.291. The van der Waals surface area contributed by atoms with Gasteiger partial charge in [0.2, 0.25) is 0 Å². The summed E-state index contributed by atoms with van der Waals surface area (Å²) in [6.45, 7) is 1.65. The molecule has 4 nitrogen and oxygen atoms in total. The molecule has 1 N–H and O–H groups in total. The number of carbonyl (C=O) groups is 1. The van der Waals surface area contributed by atoms with Crippen molar-refractivity contribution in [3.05, 3.63) is 53.0 Å². The Balaban J connectivity index is 1.84. The summed E-state index contributed by atoms with van der Waals surface area (Å²) < 4.78 is 14.9. The highest BCUT2D eigenvalue weighted by atomic mass is 32.1. The average Bonchev–Trinajstić information content (AvgIpc) is 2.94. The number of aryl methyl sites for hydroxylation is 1. The largest absolute Gasteiger partial charge is 0.321 e. The Hall–Kier alpha value is -2.21. The van der Waals surface area contributed by atoms with Crippen LogP contribution in [0.4, 0.5) is 10.1 Å². The number of thiazole rings is 1. The van der Waals surface area contributed by atoms with Gasteiger partial charge in [0, 0.05) is 23.5 Å². The molecule has 6 heteroatoms. The Labute approximate surface area is 112 Å². The molecule has 1 aromatic carbocycles. The Morgan fingerprint density at radius 1 is 1.47 bits per heavy atom. The van der Waals surface area contributed by atoms with Gasteiger partial charge in [-0.1, -0.05) is 0 Å². The van der Waals surface area contributed by atoms with Crippen molar-refractivity contribution in [2.24, 2.45) is 0 Å². The number of hydrogen-bond acceptors (Lipinski definition) is 3. The van der Waals surface area contributed by atoms with Crippen molar-refractivity contribution in [1.29, 1.82) is 0 Å². The second kappa shape index (κ2) is 4.47. The van der Waals surface area contributed by atoms with E-state index in [2.05, 4.69) is 10.3 Å². The zero-order valence-electron chi connectivity index (χ0n) is 10.1. The molecule has 0 aliphatic rings. The number of nitrogens with zero attached hydrogens (tertiary/aromatic N) is 2. The first-order valence-corrected chi connectivity index (χ1v) is 6.51. The Morgan fingerprint density at radius 2 is 2.32 bits per heavy atom. The van der Waals surface area contributed by atoms with Crippen LogP contribution >= 0.6 is 11.3 Å². The van der Waals surface area contributed by atoms with E-state index in [-0.39, 0.29) is 11.7 Å². The van der Waals surface area contributed by atoms with Crippen LogP contribution in [-0.4, -0.2) is 15.3 Å². The summed E-state index contributed by atoms with van der Waals surface area (Å²) in [6.07, 6.45) is 3.50. The minimum Gasteiger partial charge on any atom is -0.321 e. The number of nitrogens with one attached hydrogen (secondary N) is 1. The van der Waals surface area contributed by atoms with Gasteiger partial charge in [-0.3, -0.25) is 9.20 Å². The van der Waals surface area contributed by atoms with E-state index in [0.29, 0.717) is 16.9 Å². The van der Waals surface area contributed by atoms with Crippen LogP contribution in [0.2, 0.25) is 0 Å². The van der Waals surface area contributed by atoms with Crippen molar-refractivity contribution in [2.45, 2.75) is 6.92 Å². The fourth-order valence-corrected chi connectivity index (χ4v) is 2.45. The predicted octanol–water partition coefficient (Wildman–Crippen LogP) is 3.10. The fraction of sp³-hybridized carbons (Fsp3) is 0.0769. The van der Waals surface area contributed by atoms with Gasteiger partial charge in [-0.15, -0.1) is 11.3 Å². The Bertz CT molecular complexity index is 734. The van der Waals surface area contributed by atoms with E-state index in [1.165, 1.54) is 23.5 Å². The van der Waals surface area contributed by atoms with Crippen LogP contribution in [0.5, 0.6) is 0 Å². The van der Waals surface area contributed by atoms with Gasteiger partial charge in [-0.25, -0.2) is 9.37 Å². The maximum absolute atomic E-state index is 13.1. The maximum Gasteiger partial charge on any atom is 0.275 e. The van der Waals surface area contributed by atoms with Gasteiger partial charge in [0.05, 0.1) is 0 Å². The molecule has 0 bridgehead atoms. The number of carbonyl (C=O) groups excluding carboxylic acids is 1. The molecule has 3 aromatic rings. The van der Waals surface area contributed by atoms with E-state index in [1.807, 2.05) is 11.6 Å². The van der Waals surface area contributed by atoms with Crippen molar-refractivity contribution in [1.82, 2.24) is 9.38 Å². The van der Waals surface area contributed by atoms with Gasteiger partial charge in [-0.2, -0.15) is 0 Å². The number of hydrogen-bond donors (Lipinski definition) is 1. The Morgan fingerprint density at radius 3 is 3.05 bits per heavy atom. The number of anilines is 1. The summed E-state index contributed by atoms with van der Waals surface area (Å²) in [4.78, 5) is 17.0. The number of aromatic nitrogens is 2. The van der Waals surface area contributed by atoms with Crippen molar-refractivity contribution < 1.29 is 9.18 Å². The second-order valence-electron chi connectivity index (χ2n) is 4.14. The van der Waals surface area contributed by atoms with Gasteiger partial charge >= 0.3 is 0 Å². The van der Waals surface area contributed by atoms with Crippen molar-refractivity contribution in [3.8, 4) is 0 Å². The molecule has 3 rings (SSSR count). The van der Waals surface area contributed by atoms with E-state index in [9.17, 15) is 9.18 Å². The molecule has 1 amide bonds. The van der Waals surface area contributed by atoms with Gasteiger partial charge in [0.25, 0.3) is 5.91 Å². The summed E-state index contributed by atoms with van der Waals surface area (Å²) in [5.74, 6) is -0.595. The monoisotopic (exact) mass is 275 g/mol. The van der Waals surface area contributed by atoms with E-state index in [0.717, 1.165) is 4.96 Å². The number of benzene rings is 1. The van der Waals surface area contributed by atoms with Crippen LogP contribution in [0.15, 0.2) is 36.0 Å². The molecule has 96 valence electrons. The normalized spacial score (nSPS) is 10.8. The summed E-state index contributed by atoms with van der Waals surface area (Å²) in [7, 11) is 0. The summed E-state index contributed by atoms with van der Waals surface area (Å²) in [5.41, 5.74) is 1.39. The number of amides is 1. The topological polar surface area (TPSA) is 46.4 Å². The summed E-state index contributed by atoms with van der Waals surface area (Å²) in [5, 5.41) is 4.60. The molecular weight excluding hydrogens is 265 g/mol. The predicted molar refractivity (Wildman–Crippen MR) is 72.2 cm³/mol. The standard InChI is InChI=1S/C13H10FN3OS/c1-8-6-9(2-3-10(8)14)15-12(18)11-7-17-4-5-19-13(17)16-11/h2-7H,1H3,(H,15,18). The zero-order chi connectivity index (χ0) is 13.4. The number of fused-ring (bicyclic) bond motifs is 1. The number of halogens is 1. The highest BCUT2D eigenvalue weighted by Crippen LogP contribution is 2.16. The number of rotatable bonds is 2. The van der Waals surface area contributed by atoms with E-state index in [1.54, 1.807) is 23.6 Å². The quantitative estimate of drug-likeness (QED) is 0.781.